The molecule has 0 N–H and O–H groups in total. The third-order valence-corrected chi connectivity index (χ3v) is 10.9. The van der Waals surface area contributed by atoms with Crippen molar-refractivity contribution in [2.75, 3.05) is 4.90 Å². The molecule has 11 aromatic rings. The molecule has 0 amide bonds. The van der Waals surface area contributed by atoms with Crippen LogP contribution in [0, 0.1) is 0 Å². The summed E-state index contributed by atoms with van der Waals surface area (Å²) in [6.07, 6.45) is 0. The number of furan rings is 2. The van der Waals surface area contributed by atoms with Gasteiger partial charge in [0.15, 0.2) is 0 Å². The van der Waals surface area contributed by atoms with Gasteiger partial charge in [0.05, 0.1) is 5.69 Å². The van der Waals surface area contributed by atoms with Crippen LogP contribution in [-0.2, 0) is 0 Å². The Bertz CT molecular complexity index is 3180. The Balaban J connectivity index is 1.12. The molecule has 0 bridgehead atoms. The van der Waals surface area contributed by atoms with Gasteiger partial charge in [-0.3, -0.25) is 0 Å². The first-order valence-corrected chi connectivity index (χ1v) is 18.7. The van der Waals surface area contributed by atoms with E-state index in [1.165, 1.54) is 11.1 Å². The molecule has 55 heavy (non-hydrogen) atoms. The molecule has 0 aliphatic rings. The van der Waals surface area contributed by atoms with Gasteiger partial charge >= 0.3 is 0 Å². The minimum absolute atomic E-state index is 0.847. The first-order chi connectivity index (χ1) is 27.3. The summed E-state index contributed by atoms with van der Waals surface area (Å²) in [5.74, 6) is 0. The van der Waals surface area contributed by atoms with E-state index in [9.17, 15) is 0 Å². The summed E-state index contributed by atoms with van der Waals surface area (Å²) >= 11 is 0. The Morgan fingerprint density at radius 2 is 0.873 bits per heavy atom. The van der Waals surface area contributed by atoms with Crippen molar-refractivity contribution in [3.05, 3.63) is 200 Å². The number of rotatable bonds is 6. The minimum atomic E-state index is 0.847. The third kappa shape index (κ3) is 5.20. The number of fused-ring (bicyclic) bond motifs is 8. The molecular formula is C52H33NO2. The van der Waals surface area contributed by atoms with Gasteiger partial charge in [-0.25, -0.2) is 0 Å². The Labute approximate surface area is 317 Å². The predicted molar refractivity (Wildman–Crippen MR) is 229 cm³/mol. The van der Waals surface area contributed by atoms with Crippen LogP contribution in [-0.4, -0.2) is 0 Å². The van der Waals surface area contributed by atoms with Gasteiger partial charge in [0, 0.05) is 55.5 Å². The topological polar surface area (TPSA) is 29.5 Å². The normalized spacial score (nSPS) is 11.6. The van der Waals surface area contributed by atoms with E-state index < -0.39 is 0 Å². The van der Waals surface area contributed by atoms with E-state index in [-0.39, 0.29) is 0 Å². The van der Waals surface area contributed by atoms with E-state index in [1.807, 2.05) is 12.1 Å². The van der Waals surface area contributed by atoms with Crippen LogP contribution >= 0.6 is 0 Å². The summed E-state index contributed by atoms with van der Waals surface area (Å²) < 4.78 is 13.2. The van der Waals surface area contributed by atoms with Crippen LogP contribution in [0.3, 0.4) is 0 Å². The van der Waals surface area contributed by atoms with E-state index >= 15 is 0 Å². The zero-order chi connectivity index (χ0) is 36.3. The Hall–Kier alpha value is -7.36. The molecule has 0 saturated heterocycles. The zero-order valence-electron chi connectivity index (χ0n) is 29.8. The standard InChI is InChI=1S/C52H33NO2/c1-3-12-34(13-4-1)35-22-27-39(28-23-35)53(40-29-24-38(25-30-40)42-19-11-20-44-43-18-9-10-21-49(43)54-51(42)44)48-33-50-47(32-46(48)36-14-5-2-6-15-36)45-31-26-37-16-7-8-17-41(37)52(45)55-50/h1-33H. The van der Waals surface area contributed by atoms with Crippen molar-refractivity contribution < 1.29 is 8.83 Å². The SMILES string of the molecule is c1ccc(-c2ccc(N(c3ccc(-c4cccc5c4oc4ccccc45)cc3)c3cc4oc5c6ccccc6ccc5c4cc3-c3ccccc3)cc2)cc1. The number of hydrogen-bond acceptors (Lipinski definition) is 3. The molecule has 3 heteroatoms. The van der Waals surface area contributed by atoms with Crippen molar-refractivity contribution in [3.8, 4) is 33.4 Å². The molecule has 0 aliphatic carbocycles. The van der Waals surface area contributed by atoms with Gasteiger partial charge in [0.2, 0.25) is 0 Å². The van der Waals surface area contributed by atoms with Crippen molar-refractivity contribution in [1.29, 1.82) is 0 Å². The maximum absolute atomic E-state index is 6.80. The Kier molecular flexibility index (Phi) is 7.17. The largest absolute Gasteiger partial charge is 0.455 e. The first kappa shape index (κ1) is 31.2. The Morgan fingerprint density at radius 3 is 1.64 bits per heavy atom. The molecule has 0 radical (unpaired) electrons. The number of nitrogens with zero attached hydrogens (tertiary/aromatic N) is 1. The molecule has 258 valence electrons. The lowest BCUT2D eigenvalue weighted by atomic mass is 9.97. The summed E-state index contributed by atoms with van der Waals surface area (Å²) in [4.78, 5) is 2.35. The highest BCUT2D eigenvalue weighted by Crippen LogP contribution is 2.46. The average molecular weight is 704 g/mol. The third-order valence-electron chi connectivity index (χ3n) is 10.9. The zero-order valence-corrected chi connectivity index (χ0v) is 29.8. The van der Waals surface area contributed by atoms with E-state index in [1.54, 1.807) is 0 Å². The van der Waals surface area contributed by atoms with Crippen LogP contribution in [0.15, 0.2) is 209 Å². The summed E-state index contributed by atoms with van der Waals surface area (Å²) in [7, 11) is 0. The van der Waals surface area contributed by atoms with Gasteiger partial charge in [0.1, 0.15) is 22.3 Å². The fourth-order valence-corrected chi connectivity index (χ4v) is 8.20. The fraction of sp³-hybridized carbons (Fsp3) is 0. The number of benzene rings is 9. The Morgan fingerprint density at radius 1 is 0.309 bits per heavy atom. The van der Waals surface area contributed by atoms with Gasteiger partial charge in [-0.15, -0.1) is 0 Å². The lowest BCUT2D eigenvalue weighted by Gasteiger charge is -2.28. The van der Waals surface area contributed by atoms with Crippen molar-refractivity contribution in [3.63, 3.8) is 0 Å². The smallest absolute Gasteiger partial charge is 0.143 e. The van der Waals surface area contributed by atoms with E-state index in [4.69, 9.17) is 8.83 Å². The van der Waals surface area contributed by atoms with Crippen molar-refractivity contribution in [1.82, 2.24) is 0 Å². The molecule has 11 rings (SSSR count). The van der Waals surface area contributed by atoms with Crippen LogP contribution in [0.5, 0.6) is 0 Å². The number of anilines is 3. The molecule has 0 aliphatic heterocycles. The minimum Gasteiger partial charge on any atom is -0.455 e. The lowest BCUT2D eigenvalue weighted by molar-refractivity contribution is 0.670. The van der Waals surface area contributed by atoms with Crippen molar-refractivity contribution >= 4 is 71.7 Å². The molecule has 9 aromatic carbocycles. The van der Waals surface area contributed by atoms with Crippen LogP contribution in [0.2, 0.25) is 0 Å². The molecule has 0 fully saturated rings. The molecule has 0 saturated carbocycles. The molecule has 0 atom stereocenters. The van der Waals surface area contributed by atoms with Crippen LogP contribution in [0.25, 0.3) is 88.0 Å². The fourth-order valence-electron chi connectivity index (χ4n) is 8.20. The van der Waals surface area contributed by atoms with Gasteiger partial charge in [0.25, 0.3) is 0 Å². The maximum Gasteiger partial charge on any atom is 0.143 e. The second kappa shape index (κ2) is 12.6. The summed E-state index contributed by atoms with van der Waals surface area (Å²) in [5, 5.41) is 6.73. The molecule has 0 spiro atoms. The quantitative estimate of drug-likeness (QED) is 0.173. The number of para-hydroxylation sites is 2. The lowest BCUT2D eigenvalue weighted by Crippen LogP contribution is -2.11. The molecule has 2 heterocycles. The van der Waals surface area contributed by atoms with Gasteiger partial charge in [-0.05, 0) is 70.1 Å². The first-order valence-electron chi connectivity index (χ1n) is 18.7. The predicted octanol–water partition coefficient (Wildman–Crippen LogP) is 15.1. The molecule has 0 unspecified atom stereocenters. The highest BCUT2D eigenvalue weighted by Gasteiger charge is 2.22. The second-order valence-electron chi connectivity index (χ2n) is 14.1. The van der Waals surface area contributed by atoms with E-state index in [2.05, 4.69) is 193 Å². The second-order valence-corrected chi connectivity index (χ2v) is 14.1. The molecular weight excluding hydrogens is 671 g/mol. The monoisotopic (exact) mass is 703 g/mol. The van der Waals surface area contributed by atoms with Gasteiger partial charge in [-0.1, -0.05) is 152 Å². The highest BCUT2D eigenvalue weighted by atomic mass is 16.3. The summed E-state index contributed by atoms with van der Waals surface area (Å²) in [5.41, 5.74) is 13.4. The van der Waals surface area contributed by atoms with E-state index in [0.29, 0.717) is 0 Å². The highest BCUT2D eigenvalue weighted by molar-refractivity contribution is 6.17. The maximum atomic E-state index is 6.80. The number of hydrogen-bond donors (Lipinski definition) is 0. The van der Waals surface area contributed by atoms with Crippen molar-refractivity contribution in [2.24, 2.45) is 0 Å². The van der Waals surface area contributed by atoms with Crippen LogP contribution in [0.1, 0.15) is 0 Å². The van der Waals surface area contributed by atoms with Gasteiger partial charge < -0.3 is 13.7 Å². The van der Waals surface area contributed by atoms with E-state index in [0.717, 1.165) is 94.0 Å². The van der Waals surface area contributed by atoms with Crippen molar-refractivity contribution in [2.45, 2.75) is 0 Å². The van der Waals surface area contributed by atoms with Gasteiger partial charge in [-0.2, -0.15) is 0 Å². The van der Waals surface area contributed by atoms with Crippen LogP contribution in [0.4, 0.5) is 17.1 Å². The summed E-state index contributed by atoms with van der Waals surface area (Å²) in [6.45, 7) is 0. The van der Waals surface area contributed by atoms with Crippen LogP contribution < -0.4 is 4.90 Å². The molecule has 2 aromatic heterocycles. The average Bonchev–Trinajstić information content (AvgIpc) is 3.83. The molecule has 3 nitrogen and oxygen atoms in total. The summed E-state index contributed by atoms with van der Waals surface area (Å²) in [6, 6.07) is 70.9.